The van der Waals surface area contributed by atoms with Crippen molar-refractivity contribution < 1.29 is 8.42 Å². The van der Waals surface area contributed by atoms with E-state index in [1.807, 2.05) is 0 Å². The second kappa shape index (κ2) is 4.80. The molecule has 15 heavy (non-hydrogen) atoms. The summed E-state index contributed by atoms with van der Waals surface area (Å²) >= 11 is 0. The molecule has 0 bridgehead atoms. The van der Waals surface area contributed by atoms with Gasteiger partial charge in [0.2, 0.25) is 10.0 Å². The zero-order valence-corrected chi connectivity index (χ0v) is 10.9. The minimum atomic E-state index is -3.03. The van der Waals surface area contributed by atoms with E-state index in [4.69, 9.17) is 0 Å². The van der Waals surface area contributed by atoms with Gasteiger partial charge in [-0.1, -0.05) is 0 Å². The molecule has 0 aromatic rings. The number of sulfonamides is 1. The molecule has 0 N–H and O–H groups in total. The second-order valence-corrected chi connectivity index (χ2v) is 6.76. The molecule has 0 amide bonds. The average Bonchev–Trinajstić information content (AvgIpc) is 2.50. The molecule has 0 unspecified atom stereocenters. The van der Waals surface area contributed by atoms with Crippen molar-refractivity contribution in [2.75, 3.05) is 26.4 Å². The predicted octanol–water partition coefficient (Wildman–Crippen LogP) is 0.751. The van der Waals surface area contributed by atoms with Crippen molar-refractivity contribution in [2.24, 2.45) is 0 Å². The van der Waals surface area contributed by atoms with Crippen LogP contribution in [0.2, 0.25) is 0 Å². The van der Waals surface area contributed by atoms with Crippen molar-refractivity contribution in [3.8, 4) is 0 Å². The molecule has 0 spiro atoms. The number of hydrogen-bond donors (Lipinski definition) is 0. The number of likely N-dealkylation sites (tertiary alicyclic amines) is 1. The molecule has 1 heterocycles. The van der Waals surface area contributed by atoms with Gasteiger partial charge in [0.25, 0.3) is 0 Å². The lowest BCUT2D eigenvalue weighted by atomic mass is 10.2. The topological polar surface area (TPSA) is 40.6 Å². The van der Waals surface area contributed by atoms with E-state index in [0.29, 0.717) is 18.6 Å². The highest BCUT2D eigenvalue weighted by atomic mass is 32.2. The van der Waals surface area contributed by atoms with E-state index in [1.165, 1.54) is 17.0 Å². The van der Waals surface area contributed by atoms with Crippen molar-refractivity contribution in [1.82, 2.24) is 9.21 Å². The van der Waals surface area contributed by atoms with E-state index in [1.54, 1.807) is 7.05 Å². The van der Waals surface area contributed by atoms with Crippen LogP contribution in [-0.2, 0) is 10.0 Å². The fourth-order valence-corrected chi connectivity index (χ4v) is 2.61. The fraction of sp³-hybridized carbons (Fsp3) is 1.00. The van der Waals surface area contributed by atoms with E-state index in [9.17, 15) is 8.42 Å². The Labute approximate surface area is 93.3 Å². The lowest BCUT2D eigenvalue weighted by Crippen LogP contribution is -2.43. The van der Waals surface area contributed by atoms with Crippen LogP contribution >= 0.6 is 0 Å². The van der Waals surface area contributed by atoms with Crippen LogP contribution in [0.3, 0.4) is 0 Å². The molecule has 1 saturated heterocycles. The molecule has 0 aromatic heterocycles. The van der Waals surface area contributed by atoms with Gasteiger partial charge >= 0.3 is 0 Å². The van der Waals surface area contributed by atoms with E-state index in [0.717, 1.165) is 13.0 Å². The summed E-state index contributed by atoms with van der Waals surface area (Å²) in [6.07, 6.45) is 3.56. The van der Waals surface area contributed by atoms with Crippen molar-refractivity contribution in [1.29, 1.82) is 0 Å². The highest BCUT2D eigenvalue weighted by molar-refractivity contribution is 7.88. The van der Waals surface area contributed by atoms with Crippen LogP contribution in [0.4, 0.5) is 0 Å². The fourth-order valence-electron chi connectivity index (χ4n) is 2.17. The van der Waals surface area contributed by atoms with Gasteiger partial charge in [-0.25, -0.2) is 12.7 Å². The van der Waals surface area contributed by atoms with E-state index in [-0.39, 0.29) is 0 Å². The first-order chi connectivity index (χ1) is 6.82. The summed E-state index contributed by atoms with van der Waals surface area (Å²) in [5.74, 6) is 0. The maximum atomic E-state index is 11.3. The molecular formula is C10H22N2O2S. The minimum Gasteiger partial charge on any atom is -0.297 e. The summed E-state index contributed by atoms with van der Waals surface area (Å²) in [4.78, 5) is 2.39. The van der Waals surface area contributed by atoms with E-state index < -0.39 is 10.0 Å². The summed E-state index contributed by atoms with van der Waals surface area (Å²) in [5, 5.41) is 0. The highest BCUT2D eigenvalue weighted by Gasteiger charge is 2.29. The number of likely N-dealkylation sites (N-methyl/N-ethyl adjacent to an activating group) is 1. The smallest absolute Gasteiger partial charge is 0.211 e. The quantitative estimate of drug-likeness (QED) is 0.721. The lowest BCUT2D eigenvalue weighted by Gasteiger charge is -2.30. The monoisotopic (exact) mass is 234 g/mol. The Hall–Kier alpha value is -0.130. The molecule has 0 saturated carbocycles. The van der Waals surface area contributed by atoms with Gasteiger partial charge in [-0.3, -0.25) is 4.90 Å². The Balaban J connectivity index is 2.58. The van der Waals surface area contributed by atoms with Crippen molar-refractivity contribution in [2.45, 2.75) is 38.8 Å². The van der Waals surface area contributed by atoms with Crippen LogP contribution in [0.5, 0.6) is 0 Å². The normalized spacial score (nSPS) is 24.3. The largest absolute Gasteiger partial charge is 0.297 e. The van der Waals surface area contributed by atoms with Crippen molar-refractivity contribution >= 4 is 10.0 Å². The summed E-state index contributed by atoms with van der Waals surface area (Å²) in [7, 11) is -1.37. The van der Waals surface area contributed by atoms with Gasteiger partial charge < -0.3 is 0 Å². The molecule has 0 radical (unpaired) electrons. The van der Waals surface area contributed by atoms with Crippen LogP contribution in [-0.4, -0.2) is 56.1 Å². The lowest BCUT2D eigenvalue weighted by molar-refractivity contribution is 0.185. The van der Waals surface area contributed by atoms with Gasteiger partial charge in [0.1, 0.15) is 0 Å². The molecule has 0 aliphatic carbocycles. The third kappa shape index (κ3) is 3.43. The van der Waals surface area contributed by atoms with Gasteiger partial charge in [-0.05, 0) is 33.2 Å². The van der Waals surface area contributed by atoms with Crippen LogP contribution in [0.25, 0.3) is 0 Å². The Kier molecular flexibility index (Phi) is 4.14. The van der Waals surface area contributed by atoms with Gasteiger partial charge in [0.05, 0.1) is 6.26 Å². The maximum Gasteiger partial charge on any atom is 0.211 e. The van der Waals surface area contributed by atoms with Crippen LogP contribution < -0.4 is 0 Å². The first kappa shape index (κ1) is 12.9. The summed E-state index contributed by atoms with van der Waals surface area (Å²) in [6, 6.07) is 0.898. The summed E-state index contributed by atoms with van der Waals surface area (Å²) in [5.41, 5.74) is 0. The second-order valence-electron chi connectivity index (χ2n) is 4.67. The van der Waals surface area contributed by atoms with Gasteiger partial charge in [-0.2, -0.15) is 0 Å². The molecule has 5 heteroatoms. The van der Waals surface area contributed by atoms with Gasteiger partial charge in [0, 0.05) is 25.7 Å². The molecule has 4 nitrogen and oxygen atoms in total. The van der Waals surface area contributed by atoms with Gasteiger partial charge in [-0.15, -0.1) is 0 Å². The first-order valence-corrected chi connectivity index (χ1v) is 7.34. The molecule has 1 aliphatic heterocycles. The van der Waals surface area contributed by atoms with Crippen molar-refractivity contribution in [3.63, 3.8) is 0 Å². The highest BCUT2D eigenvalue weighted by Crippen LogP contribution is 2.20. The molecule has 1 atom stereocenters. The summed E-state index contributed by atoms with van der Waals surface area (Å²) < 4.78 is 24.1. The van der Waals surface area contributed by atoms with Crippen LogP contribution in [0, 0.1) is 0 Å². The van der Waals surface area contributed by atoms with Gasteiger partial charge in [0.15, 0.2) is 0 Å². The number of hydrogen-bond acceptors (Lipinski definition) is 3. The van der Waals surface area contributed by atoms with Crippen LogP contribution in [0.15, 0.2) is 0 Å². The predicted molar refractivity (Wildman–Crippen MR) is 62.3 cm³/mol. The molecule has 0 aromatic carbocycles. The van der Waals surface area contributed by atoms with E-state index in [2.05, 4.69) is 18.7 Å². The van der Waals surface area contributed by atoms with Crippen LogP contribution in [0.1, 0.15) is 26.7 Å². The molecule has 1 aliphatic rings. The average molecular weight is 234 g/mol. The Morgan fingerprint density at radius 3 is 2.53 bits per heavy atom. The Morgan fingerprint density at radius 2 is 2.07 bits per heavy atom. The molecule has 1 fully saturated rings. The summed E-state index contributed by atoms with van der Waals surface area (Å²) in [6.45, 7) is 6.05. The van der Waals surface area contributed by atoms with E-state index >= 15 is 0 Å². The zero-order chi connectivity index (χ0) is 11.6. The molecule has 1 rings (SSSR count). The number of rotatable bonds is 4. The zero-order valence-electron chi connectivity index (χ0n) is 10.1. The van der Waals surface area contributed by atoms with Crippen molar-refractivity contribution in [3.05, 3.63) is 0 Å². The standard InChI is InChI=1S/C10H22N2O2S/c1-9(2)12-7-5-6-10(12)8-11(3)15(4,13)14/h9-10H,5-8H2,1-4H3/t10-/m1/s1. The third-order valence-corrected chi connectivity index (χ3v) is 4.40. The number of nitrogens with zero attached hydrogens (tertiary/aromatic N) is 2. The maximum absolute atomic E-state index is 11.3. The molecule has 90 valence electrons. The Morgan fingerprint density at radius 1 is 1.47 bits per heavy atom. The minimum absolute atomic E-state index is 0.393. The third-order valence-electron chi connectivity index (χ3n) is 3.12. The molecular weight excluding hydrogens is 212 g/mol. The Bertz CT molecular complexity index is 301. The SMILES string of the molecule is CC(C)N1CCC[C@@H]1CN(C)S(C)(=O)=O. The first-order valence-electron chi connectivity index (χ1n) is 5.49.